The van der Waals surface area contributed by atoms with E-state index in [4.69, 9.17) is 14.2 Å². The molecule has 21 heteroatoms. The smallest absolute Gasteiger partial charge is 0.327 e. The standard InChI is InChI=1S/C30H34BrN5O15/c1-29(48)22-8(5-32-23-13(34-22)24(44)36-28(47)35-23)12(30(29)9-3-2-7(31)4-10(9)33-27(30)46)25(45)50-20-17(41)15(39)16(40)18(42)21(20)51-26-19(43)14(38)11(37)6-49-26/h2-4,8,11-12,14-21,26,37-43,48H,5-6H2,1H3,(H,33,46)(H3,32,35,36,44,47)/t8-,11?,12+,14?,15+,16-,17+,18+,19?,20?,21-,26?,29+,30+/m0/s1. The van der Waals surface area contributed by atoms with Crippen LogP contribution in [0.2, 0.25) is 0 Å². The maximum atomic E-state index is 14.7. The normalized spacial score (nSPS) is 41.5. The van der Waals surface area contributed by atoms with Crippen LogP contribution in [-0.2, 0) is 29.2 Å². The summed E-state index contributed by atoms with van der Waals surface area (Å²) in [6.45, 7) is 0.365. The van der Waals surface area contributed by atoms with E-state index in [2.05, 4.69) is 36.5 Å². The fourth-order valence-corrected chi connectivity index (χ4v) is 8.32. The van der Waals surface area contributed by atoms with Gasteiger partial charge in [0.25, 0.3) is 5.56 Å². The van der Waals surface area contributed by atoms with Gasteiger partial charge >= 0.3 is 11.7 Å². The highest BCUT2D eigenvalue weighted by Crippen LogP contribution is 2.60. The van der Waals surface area contributed by atoms with Crippen LogP contribution in [0, 0.1) is 11.8 Å². The minimum absolute atomic E-state index is 0.132. The third-order valence-corrected chi connectivity index (χ3v) is 10.9. The van der Waals surface area contributed by atoms with Crippen LogP contribution in [0.4, 0.5) is 17.2 Å². The van der Waals surface area contributed by atoms with E-state index in [9.17, 15) is 60.0 Å². The monoisotopic (exact) mass is 783 g/mol. The van der Waals surface area contributed by atoms with E-state index in [-0.39, 0.29) is 35.0 Å². The zero-order chi connectivity index (χ0) is 36.9. The average Bonchev–Trinajstić information content (AvgIpc) is 3.35. The largest absolute Gasteiger partial charge is 0.456 e. The number of anilines is 2. The number of aliphatic imine (C=N–C) groups is 1. The average molecular weight is 785 g/mol. The number of hydrogen-bond donors (Lipinski definition) is 12. The number of halogens is 1. The summed E-state index contributed by atoms with van der Waals surface area (Å²) in [5.74, 6) is -5.33. The number of esters is 1. The van der Waals surface area contributed by atoms with Gasteiger partial charge in [-0.3, -0.25) is 24.4 Å². The molecule has 1 spiro atoms. The number of hydrogen-bond acceptors (Lipinski definition) is 17. The number of amides is 1. The summed E-state index contributed by atoms with van der Waals surface area (Å²) >= 11 is 3.33. The lowest BCUT2D eigenvalue weighted by atomic mass is 9.65. The van der Waals surface area contributed by atoms with Crippen LogP contribution in [0.5, 0.6) is 0 Å². The molecular weight excluding hydrogens is 750 g/mol. The van der Waals surface area contributed by atoms with Crippen molar-refractivity contribution in [3.8, 4) is 0 Å². The Morgan fingerprint density at radius 1 is 0.961 bits per heavy atom. The molecule has 14 atom stereocenters. The van der Waals surface area contributed by atoms with Crippen molar-refractivity contribution < 1.29 is 64.7 Å². The van der Waals surface area contributed by atoms with Crippen LogP contribution in [0.15, 0.2) is 37.3 Å². The molecule has 12 N–H and O–H groups in total. The van der Waals surface area contributed by atoms with Crippen molar-refractivity contribution in [3.05, 3.63) is 49.1 Å². The summed E-state index contributed by atoms with van der Waals surface area (Å²) in [6, 6.07) is 4.57. The quantitative estimate of drug-likeness (QED) is 0.130. The van der Waals surface area contributed by atoms with E-state index >= 15 is 0 Å². The topological polar surface area (TPSA) is 326 Å². The van der Waals surface area contributed by atoms with E-state index in [1.807, 2.05) is 4.98 Å². The number of nitrogens with zero attached hydrogens (tertiary/aromatic N) is 1. The highest BCUT2D eigenvalue weighted by atomic mass is 79.9. The molecule has 1 aromatic carbocycles. The third kappa shape index (κ3) is 5.22. The summed E-state index contributed by atoms with van der Waals surface area (Å²) in [4.78, 5) is 62.7. The first-order valence-electron chi connectivity index (χ1n) is 15.8. The molecule has 7 rings (SSSR count). The predicted octanol–water partition coefficient (Wildman–Crippen LogP) is -4.60. The summed E-state index contributed by atoms with van der Waals surface area (Å²) in [7, 11) is 0. The molecule has 0 bridgehead atoms. The zero-order valence-electron chi connectivity index (χ0n) is 26.3. The Hall–Kier alpha value is -3.61. The van der Waals surface area contributed by atoms with Gasteiger partial charge in [0.2, 0.25) is 5.91 Å². The van der Waals surface area contributed by atoms with E-state index in [1.54, 1.807) is 6.07 Å². The Labute approximate surface area is 293 Å². The molecule has 2 aliphatic carbocycles. The Bertz CT molecular complexity index is 1920. The van der Waals surface area contributed by atoms with Crippen molar-refractivity contribution in [2.75, 3.05) is 23.8 Å². The first kappa shape index (κ1) is 35.8. The van der Waals surface area contributed by atoms with Crippen molar-refractivity contribution >= 4 is 50.7 Å². The highest BCUT2D eigenvalue weighted by molar-refractivity contribution is 9.10. The molecule has 3 fully saturated rings. The van der Waals surface area contributed by atoms with Crippen LogP contribution in [0.3, 0.4) is 0 Å². The molecule has 4 heterocycles. The number of aliphatic hydroxyl groups excluding tert-OH is 7. The lowest BCUT2D eigenvalue weighted by Gasteiger charge is -2.46. The van der Waals surface area contributed by atoms with E-state index in [0.29, 0.717) is 4.47 Å². The van der Waals surface area contributed by atoms with Gasteiger partial charge in [0, 0.05) is 22.6 Å². The molecule has 1 amide bonds. The number of aliphatic hydroxyl groups is 8. The van der Waals surface area contributed by atoms with Crippen molar-refractivity contribution in [2.24, 2.45) is 16.8 Å². The predicted molar refractivity (Wildman–Crippen MR) is 172 cm³/mol. The van der Waals surface area contributed by atoms with Gasteiger partial charge in [0.15, 0.2) is 18.1 Å². The number of ether oxygens (including phenoxy) is 3. The first-order valence-corrected chi connectivity index (χ1v) is 16.6. The van der Waals surface area contributed by atoms with Gasteiger partial charge in [-0.05, 0) is 24.6 Å². The molecule has 5 unspecified atom stereocenters. The van der Waals surface area contributed by atoms with Crippen LogP contribution < -0.4 is 21.9 Å². The van der Waals surface area contributed by atoms with Gasteiger partial charge in [-0.15, -0.1) is 0 Å². The summed E-state index contributed by atoms with van der Waals surface area (Å²) in [6.07, 6.45) is -19.5. The zero-order valence-corrected chi connectivity index (χ0v) is 27.9. The summed E-state index contributed by atoms with van der Waals surface area (Å²) in [5, 5.41) is 91.7. The third-order valence-electron chi connectivity index (χ3n) is 10.4. The van der Waals surface area contributed by atoms with Gasteiger partial charge < -0.3 is 65.7 Å². The Balaban J connectivity index is 1.34. The lowest BCUT2D eigenvalue weighted by Crippen LogP contribution is -2.67. The number of rotatable bonds is 4. The summed E-state index contributed by atoms with van der Waals surface area (Å²) < 4.78 is 17.2. The molecule has 0 radical (unpaired) electrons. The number of nitrogens with one attached hydrogen (secondary N) is 4. The van der Waals surface area contributed by atoms with Crippen molar-refractivity contribution in [1.82, 2.24) is 9.97 Å². The Morgan fingerprint density at radius 2 is 1.65 bits per heavy atom. The molecule has 276 valence electrons. The van der Waals surface area contributed by atoms with E-state index < -0.39 is 114 Å². The molecule has 2 saturated carbocycles. The van der Waals surface area contributed by atoms with Gasteiger partial charge in [-0.25, -0.2) is 9.79 Å². The Kier molecular flexibility index (Phi) is 8.78. The molecule has 2 aromatic rings. The number of benzene rings is 1. The van der Waals surface area contributed by atoms with Gasteiger partial charge in [0.05, 0.1) is 18.2 Å². The molecule has 1 saturated heterocycles. The number of carbonyl (C=O) groups is 2. The molecular formula is C30H34BrN5O15. The molecule has 1 aromatic heterocycles. The number of aromatic amines is 2. The van der Waals surface area contributed by atoms with E-state index in [0.717, 1.165) is 0 Å². The van der Waals surface area contributed by atoms with Crippen molar-refractivity contribution in [3.63, 3.8) is 0 Å². The number of H-pyrrole nitrogens is 2. The van der Waals surface area contributed by atoms with Crippen LogP contribution >= 0.6 is 15.9 Å². The molecule has 5 aliphatic rings. The van der Waals surface area contributed by atoms with Crippen molar-refractivity contribution in [2.45, 2.75) is 79.2 Å². The SMILES string of the molecule is C[C@@]1(O)C2=Nc3c([nH]c(=O)[nH]c3=O)NC[C@H]2[C@H](C(=O)OC2[C@@H](OC3OCC(O)C(O)C3O)[C@H](O)[C@@H](O)[C@@H](O)[C@H]2O)[C@]12C(=O)Nc1cc(Br)ccc12. The number of carbonyl (C=O) groups excluding carboxylic acids is 2. The highest BCUT2D eigenvalue weighted by Gasteiger charge is 2.75. The number of fused-ring (bicyclic) bond motifs is 4. The second-order valence-electron chi connectivity index (χ2n) is 13.3. The second kappa shape index (κ2) is 12.5. The van der Waals surface area contributed by atoms with Crippen LogP contribution in [-0.4, -0.2) is 148 Å². The molecule has 51 heavy (non-hydrogen) atoms. The van der Waals surface area contributed by atoms with E-state index in [1.165, 1.54) is 19.1 Å². The molecule has 20 nitrogen and oxygen atoms in total. The maximum absolute atomic E-state index is 14.7. The first-order chi connectivity index (χ1) is 24.0. The Morgan fingerprint density at radius 3 is 2.35 bits per heavy atom. The van der Waals surface area contributed by atoms with Gasteiger partial charge in [0.1, 0.15) is 65.7 Å². The minimum Gasteiger partial charge on any atom is -0.456 e. The van der Waals surface area contributed by atoms with Crippen LogP contribution in [0.1, 0.15) is 12.5 Å². The maximum Gasteiger partial charge on any atom is 0.327 e. The second-order valence-corrected chi connectivity index (χ2v) is 14.2. The van der Waals surface area contributed by atoms with Gasteiger partial charge in [-0.1, -0.05) is 22.0 Å². The fourth-order valence-electron chi connectivity index (χ4n) is 7.96. The summed E-state index contributed by atoms with van der Waals surface area (Å²) in [5.41, 5.74) is -6.65. The number of aromatic nitrogens is 2. The van der Waals surface area contributed by atoms with Crippen molar-refractivity contribution in [1.29, 1.82) is 0 Å². The van der Waals surface area contributed by atoms with Crippen LogP contribution in [0.25, 0.3) is 0 Å². The minimum atomic E-state index is -2.36. The van der Waals surface area contributed by atoms with Gasteiger partial charge in [-0.2, -0.15) is 0 Å². The molecule has 3 aliphatic heterocycles. The fraction of sp³-hybridized carbons (Fsp3) is 0.567. The lowest BCUT2D eigenvalue weighted by molar-refractivity contribution is -0.322.